The third-order valence-corrected chi connectivity index (χ3v) is 7.35. The molecule has 0 heterocycles. The molecule has 25 heavy (non-hydrogen) atoms. The Morgan fingerprint density at radius 1 is 0.840 bits per heavy atom. The first kappa shape index (κ1) is 19.6. The molecule has 0 aliphatic heterocycles. The second-order valence-corrected chi connectivity index (χ2v) is 8.88. The van der Waals surface area contributed by atoms with Crippen LogP contribution in [0, 0.1) is 17.8 Å². The molecule has 0 aromatic rings. The highest BCUT2D eigenvalue weighted by molar-refractivity contribution is 7.32. The van der Waals surface area contributed by atoms with Crippen LogP contribution in [0.25, 0.3) is 0 Å². The summed E-state index contributed by atoms with van der Waals surface area (Å²) in [6.45, 7) is 0. The Morgan fingerprint density at radius 2 is 1.40 bits per heavy atom. The van der Waals surface area contributed by atoms with Crippen LogP contribution in [0.15, 0.2) is 0 Å². The highest BCUT2D eigenvalue weighted by atomic mass is 31.1. The normalized spacial score (nSPS) is 46.6. The first-order chi connectivity index (χ1) is 11.9. The van der Waals surface area contributed by atoms with Gasteiger partial charge in [0.2, 0.25) is 0 Å². The van der Waals surface area contributed by atoms with E-state index in [9.17, 15) is 22.6 Å². The SMILES string of the molecule is O=[P+](O)OC1(C2CCC(F)CC2)CCC(F)CC1C1CCC(F)CC1. The maximum Gasteiger partial charge on any atom is 0.695 e. The Hall–Kier alpha value is -0.190. The van der Waals surface area contributed by atoms with E-state index < -0.39 is 32.4 Å². The van der Waals surface area contributed by atoms with Crippen molar-refractivity contribution in [2.24, 2.45) is 17.8 Å². The second-order valence-electron chi connectivity index (χ2n) is 8.22. The van der Waals surface area contributed by atoms with Crippen LogP contribution in [0.4, 0.5) is 13.2 Å². The van der Waals surface area contributed by atoms with Gasteiger partial charge in [-0.2, -0.15) is 0 Å². The maximum absolute atomic E-state index is 14.3. The van der Waals surface area contributed by atoms with E-state index in [1.807, 2.05) is 0 Å². The van der Waals surface area contributed by atoms with Crippen LogP contribution in [-0.2, 0) is 9.09 Å². The molecule has 4 atom stereocenters. The Labute approximate surface area is 148 Å². The predicted octanol–water partition coefficient (Wildman–Crippen LogP) is 5.59. The molecular weight excluding hydrogens is 352 g/mol. The van der Waals surface area contributed by atoms with E-state index in [2.05, 4.69) is 0 Å². The zero-order valence-corrected chi connectivity index (χ0v) is 15.5. The average Bonchev–Trinajstić information content (AvgIpc) is 2.57. The molecule has 0 aromatic carbocycles. The monoisotopic (exact) mass is 381 g/mol. The fourth-order valence-corrected chi connectivity index (χ4v) is 6.28. The quantitative estimate of drug-likeness (QED) is 0.646. The number of alkyl halides is 3. The molecule has 0 bridgehead atoms. The molecule has 7 heteroatoms. The maximum atomic E-state index is 14.3. The predicted molar refractivity (Wildman–Crippen MR) is 89.6 cm³/mol. The molecule has 0 saturated heterocycles. The molecule has 3 saturated carbocycles. The molecule has 3 nitrogen and oxygen atoms in total. The molecule has 0 aromatic heterocycles. The van der Waals surface area contributed by atoms with Crippen LogP contribution in [0.5, 0.6) is 0 Å². The zero-order chi connectivity index (χ0) is 18.0. The van der Waals surface area contributed by atoms with Gasteiger partial charge in [0.25, 0.3) is 0 Å². The summed E-state index contributed by atoms with van der Waals surface area (Å²) in [6, 6.07) is 0. The minimum absolute atomic E-state index is 0.0220. The van der Waals surface area contributed by atoms with Crippen molar-refractivity contribution in [3.63, 3.8) is 0 Å². The smallest absolute Gasteiger partial charge is 0.247 e. The van der Waals surface area contributed by atoms with Gasteiger partial charge in [-0.05, 0) is 88.4 Å². The number of halogens is 3. The summed E-state index contributed by atoms with van der Waals surface area (Å²) in [5, 5.41) is 0. The van der Waals surface area contributed by atoms with Gasteiger partial charge >= 0.3 is 8.25 Å². The zero-order valence-electron chi connectivity index (χ0n) is 14.6. The number of hydrogen-bond donors (Lipinski definition) is 1. The van der Waals surface area contributed by atoms with E-state index in [-0.39, 0.29) is 17.8 Å². The molecule has 3 aliphatic rings. The highest BCUT2D eigenvalue weighted by Gasteiger charge is 2.57. The van der Waals surface area contributed by atoms with Crippen LogP contribution in [0.1, 0.15) is 70.6 Å². The van der Waals surface area contributed by atoms with Crippen molar-refractivity contribution < 1.29 is 27.2 Å². The molecule has 3 aliphatic carbocycles. The summed E-state index contributed by atoms with van der Waals surface area (Å²) in [5.41, 5.74) is -0.862. The standard InChI is InChI=1S/C18H28F3O3P/c19-14-5-1-12(2-6-14)17-11-16(21)9-10-18(17,24-25(22)23)13-3-7-15(20)8-4-13/h12-17H,1-11H2/p+1. The van der Waals surface area contributed by atoms with Gasteiger partial charge in [0, 0.05) is 4.57 Å². The van der Waals surface area contributed by atoms with Crippen molar-refractivity contribution in [3.8, 4) is 0 Å². The Bertz CT molecular complexity index is 464. The van der Waals surface area contributed by atoms with E-state index in [1.54, 1.807) is 0 Å². The lowest BCUT2D eigenvalue weighted by Crippen LogP contribution is -2.54. The summed E-state index contributed by atoms with van der Waals surface area (Å²) in [6.07, 6.45) is 2.81. The van der Waals surface area contributed by atoms with Crippen molar-refractivity contribution in [2.75, 3.05) is 0 Å². The topological polar surface area (TPSA) is 46.5 Å². The van der Waals surface area contributed by atoms with Gasteiger partial charge in [-0.15, -0.1) is 9.42 Å². The molecule has 0 radical (unpaired) electrons. The van der Waals surface area contributed by atoms with Gasteiger partial charge in [-0.3, -0.25) is 0 Å². The Balaban J connectivity index is 1.86. The Morgan fingerprint density at radius 3 is 1.96 bits per heavy atom. The van der Waals surface area contributed by atoms with Crippen LogP contribution >= 0.6 is 8.25 Å². The fourth-order valence-electron chi connectivity index (χ4n) is 5.61. The summed E-state index contributed by atoms with van der Waals surface area (Å²) >= 11 is 0. The summed E-state index contributed by atoms with van der Waals surface area (Å²) < 4.78 is 58.8. The first-order valence-corrected chi connectivity index (χ1v) is 10.8. The van der Waals surface area contributed by atoms with Crippen molar-refractivity contribution in [2.45, 2.75) is 94.7 Å². The highest BCUT2D eigenvalue weighted by Crippen LogP contribution is 2.55. The summed E-state index contributed by atoms with van der Waals surface area (Å²) in [5.74, 6) is -0.0918. The molecule has 3 fully saturated rings. The average molecular weight is 381 g/mol. The molecular formula is C18H29F3O3P+. The largest absolute Gasteiger partial charge is 0.695 e. The van der Waals surface area contributed by atoms with Crippen molar-refractivity contribution in [1.29, 1.82) is 0 Å². The van der Waals surface area contributed by atoms with E-state index in [1.165, 1.54) is 0 Å². The third-order valence-electron chi connectivity index (χ3n) is 6.85. The lowest BCUT2D eigenvalue weighted by Gasteiger charge is -2.50. The van der Waals surface area contributed by atoms with Gasteiger partial charge in [-0.25, -0.2) is 13.2 Å². The van der Waals surface area contributed by atoms with Gasteiger partial charge < -0.3 is 0 Å². The first-order valence-electron chi connectivity index (χ1n) is 9.68. The van der Waals surface area contributed by atoms with Crippen LogP contribution in [0.2, 0.25) is 0 Å². The minimum Gasteiger partial charge on any atom is -0.247 e. The lowest BCUT2D eigenvalue weighted by molar-refractivity contribution is -0.125. The van der Waals surface area contributed by atoms with Crippen molar-refractivity contribution >= 4 is 8.25 Å². The van der Waals surface area contributed by atoms with Gasteiger partial charge in [0.15, 0.2) is 0 Å². The van der Waals surface area contributed by atoms with Gasteiger partial charge in [0.05, 0.1) is 0 Å². The van der Waals surface area contributed by atoms with Gasteiger partial charge in [0.1, 0.15) is 24.1 Å². The molecule has 4 unspecified atom stereocenters. The van der Waals surface area contributed by atoms with E-state index in [4.69, 9.17) is 4.52 Å². The molecule has 3 rings (SSSR count). The second kappa shape index (κ2) is 8.22. The van der Waals surface area contributed by atoms with Crippen molar-refractivity contribution in [1.82, 2.24) is 0 Å². The summed E-state index contributed by atoms with van der Waals surface area (Å²) in [4.78, 5) is 9.54. The van der Waals surface area contributed by atoms with Crippen LogP contribution in [0.3, 0.4) is 0 Å². The summed E-state index contributed by atoms with van der Waals surface area (Å²) in [7, 11) is -2.82. The van der Waals surface area contributed by atoms with E-state index in [0.717, 1.165) is 0 Å². The number of rotatable bonds is 4. The van der Waals surface area contributed by atoms with Crippen LogP contribution < -0.4 is 0 Å². The van der Waals surface area contributed by atoms with Crippen LogP contribution in [-0.4, -0.2) is 29.0 Å². The minimum atomic E-state index is -2.82. The van der Waals surface area contributed by atoms with E-state index >= 15 is 0 Å². The Kier molecular flexibility index (Phi) is 6.44. The van der Waals surface area contributed by atoms with Gasteiger partial charge in [-0.1, -0.05) is 0 Å². The lowest BCUT2D eigenvalue weighted by atomic mass is 9.58. The fraction of sp³-hybridized carbons (Fsp3) is 1.00. The number of hydrogen-bond acceptors (Lipinski definition) is 2. The molecule has 1 N–H and O–H groups in total. The molecule has 0 spiro atoms. The van der Waals surface area contributed by atoms with Crippen molar-refractivity contribution in [3.05, 3.63) is 0 Å². The third kappa shape index (κ3) is 4.39. The molecule has 144 valence electrons. The molecule has 0 amide bonds. The van der Waals surface area contributed by atoms with E-state index in [0.29, 0.717) is 70.6 Å².